The molecule has 0 bridgehead atoms. The Balaban J connectivity index is 1.43. The van der Waals surface area contributed by atoms with Gasteiger partial charge in [-0.1, -0.05) is 49.2 Å². The second-order valence-corrected chi connectivity index (χ2v) is 7.55. The summed E-state index contributed by atoms with van der Waals surface area (Å²) in [6, 6.07) is 15.4. The number of nitrogens with one attached hydrogen (secondary N) is 1. The summed E-state index contributed by atoms with van der Waals surface area (Å²) in [6.07, 6.45) is 4.92. The molecule has 1 amide bonds. The van der Waals surface area contributed by atoms with Gasteiger partial charge < -0.3 is 19.5 Å². The van der Waals surface area contributed by atoms with Crippen LogP contribution in [0.1, 0.15) is 43.2 Å². The van der Waals surface area contributed by atoms with Crippen LogP contribution in [0.25, 0.3) is 0 Å². The summed E-state index contributed by atoms with van der Waals surface area (Å²) < 4.78 is 16.4. The van der Waals surface area contributed by atoms with Crippen LogP contribution in [0, 0.1) is 5.92 Å². The van der Waals surface area contributed by atoms with Crippen molar-refractivity contribution in [2.75, 3.05) is 13.7 Å². The topological polar surface area (TPSA) is 73.9 Å². The molecule has 1 saturated carbocycles. The van der Waals surface area contributed by atoms with E-state index in [1.165, 1.54) is 12.8 Å². The molecule has 2 aromatic carbocycles. The number of rotatable bonds is 10. The summed E-state index contributed by atoms with van der Waals surface area (Å²) in [5.41, 5.74) is 1.93. The number of carbonyl (C=O) groups excluding carboxylic acids is 2. The zero-order chi connectivity index (χ0) is 21.2. The molecule has 3 rings (SSSR count). The van der Waals surface area contributed by atoms with Crippen LogP contribution in [0.5, 0.6) is 11.5 Å². The van der Waals surface area contributed by atoms with Crippen LogP contribution in [-0.4, -0.2) is 25.6 Å². The monoisotopic (exact) mass is 411 g/mol. The lowest BCUT2D eigenvalue weighted by atomic mass is 10.1. The fourth-order valence-electron chi connectivity index (χ4n) is 3.58. The summed E-state index contributed by atoms with van der Waals surface area (Å²) in [6.45, 7) is 0.509. The third kappa shape index (κ3) is 6.79. The van der Waals surface area contributed by atoms with Crippen LogP contribution in [0.3, 0.4) is 0 Å². The summed E-state index contributed by atoms with van der Waals surface area (Å²) in [7, 11) is 1.58. The number of carbonyl (C=O) groups is 2. The quantitative estimate of drug-likeness (QED) is 0.598. The minimum Gasteiger partial charge on any atom is -0.493 e. The van der Waals surface area contributed by atoms with Gasteiger partial charge >= 0.3 is 5.97 Å². The zero-order valence-corrected chi connectivity index (χ0v) is 17.4. The van der Waals surface area contributed by atoms with Crippen molar-refractivity contribution < 1.29 is 23.8 Å². The van der Waals surface area contributed by atoms with Crippen molar-refractivity contribution in [3.8, 4) is 11.5 Å². The predicted octanol–water partition coefficient (Wildman–Crippen LogP) is 4.01. The molecule has 6 heteroatoms. The molecule has 0 aromatic heterocycles. The maximum atomic E-state index is 12.0. The van der Waals surface area contributed by atoms with E-state index in [-0.39, 0.29) is 18.5 Å². The Hall–Kier alpha value is -3.02. The second kappa shape index (κ2) is 11.2. The van der Waals surface area contributed by atoms with Crippen LogP contribution in [0.15, 0.2) is 48.5 Å². The van der Waals surface area contributed by atoms with Crippen molar-refractivity contribution in [3.63, 3.8) is 0 Å². The van der Waals surface area contributed by atoms with Crippen molar-refractivity contribution in [1.82, 2.24) is 5.32 Å². The number of esters is 1. The number of hydrogen-bond acceptors (Lipinski definition) is 5. The first-order chi connectivity index (χ1) is 14.6. The number of methoxy groups -OCH3 is 1. The summed E-state index contributed by atoms with van der Waals surface area (Å²) in [5, 5.41) is 2.76. The van der Waals surface area contributed by atoms with Gasteiger partial charge in [0.25, 0.3) is 5.91 Å². The third-order valence-electron chi connectivity index (χ3n) is 5.25. The van der Waals surface area contributed by atoms with Gasteiger partial charge in [0, 0.05) is 13.0 Å². The molecule has 0 saturated heterocycles. The van der Waals surface area contributed by atoms with Gasteiger partial charge in [0.15, 0.2) is 18.1 Å². The molecule has 160 valence electrons. The molecule has 1 fully saturated rings. The van der Waals surface area contributed by atoms with E-state index in [4.69, 9.17) is 14.2 Å². The molecular formula is C24H29NO5. The van der Waals surface area contributed by atoms with Crippen LogP contribution < -0.4 is 14.8 Å². The van der Waals surface area contributed by atoms with Gasteiger partial charge in [0.05, 0.1) is 7.11 Å². The Morgan fingerprint density at radius 1 is 1.00 bits per heavy atom. The first-order valence-electron chi connectivity index (χ1n) is 10.4. The molecule has 1 aliphatic rings. The van der Waals surface area contributed by atoms with Gasteiger partial charge in [-0.15, -0.1) is 0 Å². The number of benzene rings is 2. The minimum absolute atomic E-state index is 0.249. The highest BCUT2D eigenvalue weighted by molar-refractivity contribution is 5.80. The van der Waals surface area contributed by atoms with E-state index in [2.05, 4.69) is 5.32 Å². The van der Waals surface area contributed by atoms with Crippen molar-refractivity contribution in [2.45, 2.75) is 45.3 Å². The largest absolute Gasteiger partial charge is 0.493 e. The van der Waals surface area contributed by atoms with E-state index in [0.717, 1.165) is 24.0 Å². The third-order valence-corrected chi connectivity index (χ3v) is 5.25. The van der Waals surface area contributed by atoms with E-state index in [9.17, 15) is 9.59 Å². The molecule has 0 atom stereocenters. The van der Waals surface area contributed by atoms with E-state index in [1.54, 1.807) is 7.11 Å². The van der Waals surface area contributed by atoms with Crippen molar-refractivity contribution >= 4 is 11.9 Å². The van der Waals surface area contributed by atoms with E-state index in [1.807, 2.05) is 48.5 Å². The van der Waals surface area contributed by atoms with Gasteiger partial charge in [-0.05, 0) is 42.0 Å². The Kier molecular flexibility index (Phi) is 8.12. The maximum Gasteiger partial charge on any atom is 0.306 e. The van der Waals surface area contributed by atoms with Crippen LogP contribution in [-0.2, 0) is 27.5 Å². The molecule has 0 aliphatic heterocycles. The molecule has 6 nitrogen and oxygen atoms in total. The Labute approximate surface area is 177 Å². The van der Waals surface area contributed by atoms with Crippen molar-refractivity contribution in [3.05, 3.63) is 59.7 Å². The molecule has 1 aliphatic carbocycles. The Morgan fingerprint density at radius 3 is 2.50 bits per heavy atom. The standard InChI is InChI=1S/C24H29NO5/c1-28-22-13-20(11-12-21(22)29-16-19-9-3-2-4-10-19)15-25-23(26)17-30-24(27)14-18-7-5-6-8-18/h2-4,9-13,18H,5-8,14-17H2,1H3,(H,25,26). The fraction of sp³-hybridized carbons (Fsp3) is 0.417. The van der Waals surface area contributed by atoms with Gasteiger partial charge in [-0.3, -0.25) is 9.59 Å². The van der Waals surface area contributed by atoms with E-state index >= 15 is 0 Å². The van der Waals surface area contributed by atoms with E-state index < -0.39 is 0 Å². The molecule has 0 unspecified atom stereocenters. The first kappa shape index (κ1) is 21.7. The smallest absolute Gasteiger partial charge is 0.306 e. The van der Waals surface area contributed by atoms with Crippen molar-refractivity contribution in [2.24, 2.45) is 5.92 Å². The lowest BCUT2D eigenvalue weighted by Gasteiger charge is -2.13. The predicted molar refractivity (Wildman–Crippen MR) is 113 cm³/mol. The summed E-state index contributed by atoms with van der Waals surface area (Å²) in [4.78, 5) is 23.8. The Bertz CT molecular complexity index is 831. The normalized spacial score (nSPS) is 13.6. The first-order valence-corrected chi connectivity index (χ1v) is 10.4. The summed E-state index contributed by atoms with van der Waals surface area (Å²) >= 11 is 0. The average Bonchev–Trinajstić information content (AvgIpc) is 3.28. The zero-order valence-electron chi connectivity index (χ0n) is 17.4. The number of hydrogen-bond donors (Lipinski definition) is 1. The van der Waals surface area contributed by atoms with Gasteiger partial charge in [-0.25, -0.2) is 0 Å². The molecule has 30 heavy (non-hydrogen) atoms. The molecule has 0 spiro atoms. The van der Waals surface area contributed by atoms with Crippen LogP contribution >= 0.6 is 0 Å². The lowest BCUT2D eigenvalue weighted by Crippen LogP contribution is -2.28. The number of amides is 1. The number of ether oxygens (including phenoxy) is 3. The molecule has 0 heterocycles. The SMILES string of the molecule is COc1cc(CNC(=O)COC(=O)CC2CCCC2)ccc1OCc1ccccc1. The van der Waals surface area contributed by atoms with Crippen LogP contribution in [0.4, 0.5) is 0 Å². The van der Waals surface area contributed by atoms with Gasteiger partial charge in [0.1, 0.15) is 6.61 Å². The highest BCUT2D eigenvalue weighted by Gasteiger charge is 2.19. The maximum absolute atomic E-state index is 12.0. The molecular weight excluding hydrogens is 382 g/mol. The molecule has 0 radical (unpaired) electrons. The van der Waals surface area contributed by atoms with E-state index in [0.29, 0.717) is 37.0 Å². The second-order valence-electron chi connectivity index (χ2n) is 7.55. The fourth-order valence-corrected chi connectivity index (χ4v) is 3.58. The Morgan fingerprint density at radius 2 is 1.77 bits per heavy atom. The van der Waals surface area contributed by atoms with Gasteiger partial charge in [0.2, 0.25) is 0 Å². The highest BCUT2D eigenvalue weighted by atomic mass is 16.5. The lowest BCUT2D eigenvalue weighted by molar-refractivity contribution is -0.149. The summed E-state index contributed by atoms with van der Waals surface area (Å²) in [5.74, 6) is 1.03. The van der Waals surface area contributed by atoms with Crippen molar-refractivity contribution in [1.29, 1.82) is 0 Å². The highest BCUT2D eigenvalue weighted by Crippen LogP contribution is 2.29. The molecule has 2 aromatic rings. The average molecular weight is 411 g/mol. The van der Waals surface area contributed by atoms with Crippen LogP contribution in [0.2, 0.25) is 0 Å². The molecule has 1 N–H and O–H groups in total. The van der Waals surface area contributed by atoms with Gasteiger partial charge in [-0.2, -0.15) is 0 Å². The minimum atomic E-state index is -0.321.